The number of aromatic nitrogens is 1. The van der Waals surface area contributed by atoms with E-state index in [-0.39, 0.29) is 0 Å². The van der Waals surface area contributed by atoms with E-state index in [0.29, 0.717) is 11.6 Å². The van der Waals surface area contributed by atoms with Gasteiger partial charge in [-0.05, 0) is 12.0 Å². The van der Waals surface area contributed by atoms with Gasteiger partial charge in [-0.2, -0.15) is 0 Å². The van der Waals surface area contributed by atoms with Crippen LogP contribution in [0.2, 0.25) is 0 Å². The molecule has 0 saturated carbocycles. The molecule has 1 aliphatic rings. The van der Waals surface area contributed by atoms with Crippen LogP contribution in [0.5, 0.6) is 0 Å². The second-order valence-electron chi connectivity index (χ2n) is 5.02. The smallest absolute Gasteiger partial charge is 0.169 e. The van der Waals surface area contributed by atoms with Gasteiger partial charge < -0.3 is 15.0 Å². The number of benzene rings is 1. The molecule has 1 aromatic carbocycles. The average molecular weight is 273 g/mol. The number of nitrogens with two attached hydrogens (primary N) is 1. The Morgan fingerprint density at radius 2 is 1.90 bits per heavy atom. The molecule has 0 amide bonds. The normalized spacial score (nSPS) is 16.4. The molecule has 2 N–H and O–H groups in total. The molecule has 3 rings (SSSR count). The van der Waals surface area contributed by atoms with Gasteiger partial charge in [-0.3, -0.25) is 4.90 Å². The first kappa shape index (κ1) is 13.1. The zero-order valence-electron chi connectivity index (χ0n) is 11.4. The van der Waals surface area contributed by atoms with E-state index in [0.717, 1.165) is 44.8 Å². The molecular weight excluding hydrogens is 254 g/mol. The Morgan fingerprint density at radius 1 is 1.15 bits per heavy atom. The van der Waals surface area contributed by atoms with Gasteiger partial charge in [0.15, 0.2) is 11.6 Å². The molecule has 1 aliphatic heterocycles. The lowest BCUT2D eigenvalue weighted by Gasteiger charge is -2.26. The van der Waals surface area contributed by atoms with Crippen LogP contribution in [0, 0.1) is 0 Å². The highest BCUT2D eigenvalue weighted by Crippen LogP contribution is 2.21. The number of ether oxygens (including phenoxy) is 1. The summed E-state index contributed by atoms with van der Waals surface area (Å²) in [5.41, 5.74) is 7.89. The van der Waals surface area contributed by atoms with Crippen molar-refractivity contribution in [2.45, 2.75) is 6.42 Å². The van der Waals surface area contributed by atoms with Crippen LogP contribution in [-0.2, 0) is 11.2 Å². The molecule has 2 aromatic rings. The SMILES string of the molecule is Nc1cc(-c2ccc(CCN3CCOCC3)cc2)on1. The van der Waals surface area contributed by atoms with E-state index in [1.807, 2.05) is 0 Å². The lowest BCUT2D eigenvalue weighted by Crippen LogP contribution is -2.37. The van der Waals surface area contributed by atoms with Crippen molar-refractivity contribution in [1.82, 2.24) is 10.1 Å². The van der Waals surface area contributed by atoms with Gasteiger partial charge in [0, 0.05) is 31.3 Å². The Labute approximate surface area is 118 Å². The molecule has 0 radical (unpaired) electrons. The van der Waals surface area contributed by atoms with Crippen LogP contribution in [0.4, 0.5) is 5.82 Å². The van der Waals surface area contributed by atoms with Gasteiger partial charge in [-0.1, -0.05) is 29.4 Å². The van der Waals surface area contributed by atoms with E-state index in [9.17, 15) is 0 Å². The Hall–Kier alpha value is -1.85. The van der Waals surface area contributed by atoms with Gasteiger partial charge in [0.25, 0.3) is 0 Å². The zero-order chi connectivity index (χ0) is 13.8. The standard InChI is InChI=1S/C15H19N3O2/c16-15-11-14(20-17-15)13-3-1-12(2-4-13)5-6-18-7-9-19-10-8-18/h1-4,11H,5-10H2,(H2,16,17). The third kappa shape index (κ3) is 3.18. The third-order valence-electron chi connectivity index (χ3n) is 3.59. The van der Waals surface area contributed by atoms with Gasteiger partial charge in [0.1, 0.15) is 0 Å². The molecule has 0 spiro atoms. The van der Waals surface area contributed by atoms with Crippen LogP contribution in [-0.4, -0.2) is 42.9 Å². The van der Waals surface area contributed by atoms with Crippen molar-refractivity contribution in [3.63, 3.8) is 0 Å². The Kier molecular flexibility index (Phi) is 3.99. The van der Waals surface area contributed by atoms with Gasteiger partial charge in [0.05, 0.1) is 13.2 Å². The highest BCUT2D eigenvalue weighted by molar-refractivity contribution is 5.60. The summed E-state index contributed by atoms with van der Waals surface area (Å²) in [5.74, 6) is 1.12. The molecule has 0 unspecified atom stereocenters. The van der Waals surface area contributed by atoms with Gasteiger partial charge in [-0.15, -0.1) is 0 Å². The number of morpholine rings is 1. The molecule has 1 saturated heterocycles. The topological polar surface area (TPSA) is 64.5 Å². The van der Waals surface area contributed by atoms with E-state index < -0.39 is 0 Å². The van der Waals surface area contributed by atoms with Crippen molar-refractivity contribution in [3.8, 4) is 11.3 Å². The number of nitrogens with zero attached hydrogens (tertiary/aromatic N) is 2. The first-order valence-corrected chi connectivity index (χ1v) is 6.93. The Bertz CT molecular complexity index is 545. The van der Waals surface area contributed by atoms with Crippen LogP contribution in [0.1, 0.15) is 5.56 Å². The molecule has 5 heteroatoms. The molecular formula is C15H19N3O2. The summed E-state index contributed by atoms with van der Waals surface area (Å²) < 4.78 is 10.5. The second kappa shape index (κ2) is 6.07. The lowest BCUT2D eigenvalue weighted by atomic mass is 10.1. The van der Waals surface area contributed by atoms with Gasteiger partial charge >= 0.3 is 0 Å². The van der Waals surface area contributed by atoms with Crippen LogP contribution in [0.15, 0.2) is 34.9 Å². The first-order valence-electron chi connectivity index (χ1n) is 6.93. The number of anilines is 1. The van der Waals surface area contributed by atoms with Crippen molar-refractivity contribution < 1.29 is 9.26 Å². The third-order valence-corrected chi connectivity index (χ3v) is 3.59. The van der Waals surface area contributed by atoms with Crippen LogP contribution in [0.3, 0.4) is 0 Å². The van der Waals surface area contributed by atoms with Crippen molar-refractivity contribution in [3.05, 3.63) is 35.9 Å². The summed E-state index contributed by atoms with van der Waals surface area (Å²) in [6, 6.07) is 10.1. The monoisotopic (exact) mass is 273 g/mol. The Balaban J connectivity index is 1.58. The number of hydrogen-bond donors (Lipinski definition) is 1. The fourth-order valence-corrected chi connectivity index (χ4v) is 2.37. The fraction of sp³-hybridized carbons (Fsp3) is 0.400. The highest BCUT2D eigenvalue weighted by Gasteiger charge is 2.10. The number of rotatable bonds is 4. The highest BCUT2D eigenvalue weighted by atomic mass is 16.5. The van der Waals surface area contributed by atoms with E-state index in [1.165, 1.54) is 5.56 Å². The quantitative estimate of drug-likeness (QED) is 0.920. The molecule has 0 atom stereocenters. The van der Waals surface area contributed by atoms with E-state index in [2.05, 4.69) is 34.3 Å². The van der Waals surface area contributed by atoms with Crippen molar-refractivity contribution in [2.24, 2.45) is 0 Å². The molecule has 0 bridgehead atoms. The average Bonchev–Trinajstić information content (AvgIpc) is 2.93. The fourth-order valence-electron chi connectivity index (χ4n) is 2.37. The summed E-state index contributed by atoms with van der Waals surface area (Å²) in [7, 11) is 0. The molecule has 20 heavy (non-hydrogen) atoms. The van der Waals surface area contributed by atoms with Crippen molar-refractivity contribution in [1.29, 1.82) is 0 Å². The molecule has 1 fully saturated rings. The van der Waals surface area contributed by atoms with Crippen molar-refractivity contribution in [2.75, 3.05) is 38.6 Å². The summed E-state index contributed by atoms with van der Waals surface area (Å²) in [6.45, 7) is 4.86. The summed E-state index contributed by atoms with van der Waals surface area (Å²) in [5, 5.41) is 3.70. The van der Waals surface area contributed by atoms with Crippen LogP contribution < -0.4 is 5.73 Å². The summed E-state index contributed by atoms with van der Waals surface area (Å²) in [4.78, 5) is 2.44. The predicted molar refractivity (Wildman–Crippen MR) is 77.3 cm³/mol. The minimum absolute atomic E-state index is 0.413. The maximum atomic E-state index is 5.56. The minimum Gasteiger partial charge on any atom is -0.381 e. The Morgan fingerprint density at radius 3 is 2.55 bits per heavy atom. The molecule has 5 nitrogen and oxygen atoms in total. The van der Waals surface area contributed by atoms with Crippen LogP contribution >= 0.6 is 0 Å². The molecule has 1 aromatic heterocycles. The second-order valence-corrected chi connectivity index (χ2v) is 5.02. The van der Waals surface area contributed by atoms with E-state index in [4.69, 9.17) is 15.0 Å². The van der Waals surface area contributed by atoms with Crippen LogP contribution in [0.25, 0.3) is 11.3 Å². The maximum absolute atomic E-state index is 5.56. The predicted octanol–water partition coefficient (Wildman–Crippen LogP) is 1.80. The van der Waals surface area contributed by atoms with E-state index >= 15 is 0 Å². The van der Waals surface area contributed by atoms with E-state index in [1.54, 1.807) is 6.07 Å². The molecule has 106 valence electrons. The maximum Gasteiger partial charge on any atom is 0.169 e. The summed E-state index contributed by atoms with van der Waals surface area (Å²) >= 11 is 0. The van der Waals surface area contributed by atoms with Crippen molar-refractivity contribution >= 4 is 5.82 Å². The lowest BCUT2D eigenvalue weighted by molar-refractivity contribution is 0.0384. The van der Waals surface area contributed by atoms with Gasteiger partial charge in [0.2, 0.25) is 0 Å². The van der Waals surface area contributed by atoms with Gasteiger partial charge in [-0.25, -0.2) is 0 Å². The number of hydrogen-bond acceptors (Lipinski definition) is 5. The zero-order valence-corrected chi connectivity index (χ0v) is 11.4. The first-order chi connectivity index (χ1) is 9.81. The molecule has 0 aliphatic carbocycles. The molecule has 2 heterocycles. The number of nitrogen functional groups attached to an aromatic ring is 1. The summed E-state index contributed by atoms with van der Waals surface area (Å²) in [6.07, 6.45) is 1.05. The minimum atomic E-state index is 0.413. The largest absolute Gasteiger partial charge is 0.381 e.